The number of benzene rings is 2. The number of carbonyl (C=O) groups excluding carboxylic acids is 2. The van der Waals surface area contributed by atoms with Crippen molar-refractivity contribution in [2.75, 3.05) is 6.54 Å². The van der Waals surface area contributed by atoms with Gasteiger partial charge in [-0.1, -0.05) is 30.3 Å². The number of rotatable bonds is 5. The lowest BCUT2D eigenvalue weighted by Gasteiger charge is -2.14. The minimum Gasteiger partial charge on any atom is -0.348 e. The molecule has 1 heterocycles. The van der Waals surface area contributed by atoms with Crippen molar-refractivity contribution in [3.8, 4) is 0 Å². The molecule has 0 aliphatic carbocycles. The molecule has 1 unspecified atom stereocenters. The van der Waals surface area contributed by atoms with Crippen LogP contribution in [0.2, 0.25) is 0 Å². The van der Waals surface area contributed by atoms with Crippen molar-refractivity contribution in [3.63, 3.8) is 0 Å². The lowest BCUT2D eigenvalue weighted by molar-refractivity contribution is -0.120. The summed E-state index contributed by atoms with van der Waals surface area (Å²) >= 11 is 0. The van der Waals surface area contributed by atoms with Crippen molar-refractivity contribution in [1.29, 1.82) is 0 Å². The molecule has 1 aromatic heterocycles. The maximum absolute atomic E-state index is 12.2. The number of amides is 2. The minimum atomic E-state index is -0.266. The minimum absolute atomic E-state index is 0.0684. The monoisotopic (exact) mass is 333 g/mol. The highest BCUT2D eigenvalue weighted by Gasteiger charge is 2.12. The third kappa shape index (κ3) is 4.20. The highest BCUT2D eigenvalue weighted by molar-refractivity contribution is 6.00. The number of hydrogen-bond donors (Lipinski definition) is 2. The van der Waals surface area contributed by atoms with E-state index < -0.39 is 0 Å². The third-order valence-electron chi connectivity index (χ3n) is 4.00. The summed E-state index contributed by atoms with van der Waals surface area (Å²) in [6.07, 6.45) is 3.36. The van der Waals surface area contributed by atoms with E-state index in [0.717, 1.165) is 16.3 Å². The van der Waals surface area contributed by atoms with E-state index in [2.05, 4.69) is 15.6 Å². The fourth-order valence-corrected chi connectivity index (χ4v) is 2.62. The van der Waals surface area contributed by atoms with E-state index in [1.165, 1.54) is 0 Å². The molecule has 0 fully saturated rings. The zero-order valence-electron chi connectivity index (χ0n) is 13.9. The van der Waals surface area contributed by atoms with E-state index in [4.69, 9.17) is 0 Å². The molecule has 5 heteroatoms. The van der Waals surface area contributed by atoms with Crippen molar-refractivity contribution in [2.45, 2.75) is 13.0 Å². The summed E-state index contributed by atoms with van der Waals surface area (Å²) in [6.45, 7) is 1.82. The lowest BCUT2D eigenvalue weighted by Crippen LogP contribution is -2.38. The summed E-state index contributed by atoms with van der Waals surface area (Å²) in [4.78, 5) is 28.2. The number of fused-ring (bicyclic) bond motifs is 1. The number of aromatic nitrogens is 1. The normalized spacial score (nSPS) is 11.7. The SMILES string of the molecule is CC(NC(=O)CNC(=O)c1ccc2ccccc2c1)c1ccncc1. The quantitative estimate of drug-likeness (QED) is 0.754. The molecule has 0 saturated heterocycles. The second-order valence-corrected chi connectivity index (χ2v) is 5.81. The average molecular weight is 333 g/mol. The molecular weight excluding hydrogens is 314 g/mol. The Morgan fingerprint density at radius 3 is 2.48 bits per heavy atom. The topological polar surface area (TPSA) is 71.1 Å². The fourth-order valence-electron chi connectivity index (χ4n) is 2.62. The van der Waals surface area contributed by atoms with Crippen molar-refractivity contribution >= 4 is 22.6 Å². The zero-order chi connectivity index (χ0) is 17.6. The van der Waals surface area contributed by atoms with Crippen LogP contribution in [0.25, 0.3) is 10.8 Å². The maximum atomic E-state index is 12.2. The number of carbonyl (C=O) groups is 2. The van der Waals surface area contributed by atoms with Crippen LogP contribution in [-0.4, -0.2) is 23.3 Å². The van der Waals surface area contributed by atoms with Gasteiger partial charge in [-0.25, -0.2) is 0 Å². The van der Waals surface area contributed by atoms with Gasteiger partial charge in [0.2, 0.25) is 5.91 Å². The fraction of sp³-hybridized carbons (Fsp3) is 0.150. The first-order valence-corrected chi connectivity index (χ1v) is 8.10. The average Bonchev–Trinajstić information content (AvgIpc) is 2.66. The second kappa shape index (κ2) is 7.57. The van der Waals surface area contributed by atoms with Gasteiger partial charge in [0, 0.05) is 18.0 Å². The predicted octanol–water partition coefficient (Wildman–Crippen LogP) is 2.84. The molecule has 25 heavy (non-hydrogen) atoms. The van der Waals surface area contributed by atoms with E-state index in [1.807, 2.05) is 55.5 Å². The maximum Gasteiger partial charge on any atom is 0.251 e. The third-order valence-corrected chi connectivity index (χ3v) is 4.00. The van der Waals surface area contributed by atoms with Gasteiger partial charge in [0.1, 0.15) is 0 Å². The Balaban J connectivity index is 1.56. The van der Waals surface area contributed by atoms with Crippen LogP contribution in [0.5, 0.6) is 0 Å². The molecule has 0 aliphatic rings. The van der Waals surface area contributed by atoms with Gasteiger partial charge in [-0.2, -0.15) is 0 Å². The van der Waals surface area contributed by atoms with Gasteiger partial charge in [-0.3, -0.25) is 14.6 Å². The summed E-state index contributed by atoms with van der Waals surface area (Å²) in [6, 6.07) is 16.9. The van der Waals surface area contributed by atoms with E-state index in [1.54, 1.807) is 18.5 Å². The first-order valence-electron chi connectivity index (χ1n) is 8.10. The molecule has 2 N–H and O–H groups in total. The number of pyridine rings is 1. The van der Waals surface area contributed by atoms with Gasteiger partial charge in [-0.05, 0) is 47.5 Å². The van der Waals surface area contributed by atoms with Crippen molar-refractivity contribution in [1.82, 2.24) is 15.6 Å². The van der Waals surface area contributed by atoms with Crippen LogP contribution in [0.3, 0.4) is 0 Å². The first kappa shape index (κ1) is 16.6. The Kier molecular flexibility index (Phi) is 5.04. The van der Waals surface area contributed by atoms with Gasteiger partial charge >= 0.3 is 0 Å². The van der Waals surface area contributed by atoms with Crippen LogP contribution in [0.1, 0.15) is 28.9 Å². The van der Waals surface area contributed by atoms with Crippen LogP contribution in [0.4, 0.5) is 0 Å². The molecule has 3 rings (SSSR count). The highest BCUT2D eigenvalue weighted by Crippen LogP contribution is 2.15. The molecule has 126 valence electrons. The van der Waals surface area contributed by atoms with E-state index in [0.29, 0.717) is 5.56 Å². The smallest absolute Gasteiger partial charge is 0.251 e. The molecule has 1 atom stereocenters. The van der Waals surface area contributed by atoms with Gasteiger partial charge in [0.15, 0.2) is 0 Å². The Morgan fingerprint density at radius 2 is 1.72 bits per heavy atom. The highest BCUT2D eigenvalue weighted by atomic mass is 16.2. The van der Waals surface area contributed by atoms with Crippen molar-refractivity contribution in [2.24, 2.45) is 0 Å². The first-order chi connectivity index (χ1) is 12.1. The molecule has 2 aromatic carbocycles. The van der Waals surface area contributed by atoms with Gasteiger partial charge in [-0.15, -0.1) is 0 Å². The Hall–Kier alpha value is -3.21. The Bertz CT molecular complexity index is 894. The van der Waals surface area contributed by atoms with E-state index >= 15 is 0 Å². The van der Waals surface area contributed by atoms with Crippen LogP contribution in [0.15, 0.2) is 67.0 Å². The summed E-state index contributed by atoms with van der Waals surface area (Å²) < 4.78 is 0. The summed E-state index contributed by atoms with van der Waals surface area (Å²) in [5.74, 6) is -0.504. The van der Waals surface area contributed by atoms with Gasteiger partial charge in [0.05, 0.1) is 12.6 Å². The summed E-state index contributed by atoms with van der Waals surface area (Å²) in [5, 5.41) is 7.57. The van der Waals surface area contributed by atoms with Gasteiger partial charge < -0.3 is 10.6 Å². The number of nitrogens with one attached hydrogen (secondary N) is 2. The van der Waals surface area contributed by atoms with Crippen molar-refractivity contribution < 1.29 is 9.59 Å². The molecular formula is C20H19N3O2. The molecule has 5 nitrogen and oxygen atoms in total. The number of nitrogens with zero attached hydrogens (tertiary/aromatic N) is 1. The molecule has 0 bridgehead atoms. The molecule has 0 spiro atoms. The molecule has 0 radical (unpaired) electrons. The van der Waals surface area contributed by atoms with Crippen LogP contribution >= 0.6 is 0 Å². The largest absolute Gasteiger partial charge is 0.348 e. The van der Waals surface area contributed by atoms with Crippen LogP contribution < -0.4 is 10.6 Å². The van der Waals surface area contributed by atoms with Crippen LogP contribution in [-0.2, 0) is 4.79 Å². The molecule has 3 aromatic rings. The molecule has 0 saturated carbocycles. The van der Waals surface area contributed by atoms with Crippen molar-refractivity contribution in [3.05, 3.63) is 78.1 Å². The van der Waals surface area contributed by atoms with E-state index in [9.17, 15) is 9.59 Å². The summed E-state index contributed by atoms with van der Waals surface area (Å²) in [7, 11) is 0. The number of hydrogen-bond acceptors (Lipinski definition) is 3. The Morgan fingerprint density at radius 1 is 1.00 bits per heavy atom. The van der Waals surface area contributed by atoms with E-state index in [-0.39, 0.29) is 24.4 Å². The predicted molar refractivity (Wildman–Crippen MR) is 97.1 cm³/mol. The molecule has 0 aliphatic heterocycles. The lowest BCUT2D eigenvalue weighted by atomic mass is 10.1. The standard InChI is InChI=1S/C20H19N3O2/c1-14(15-8-10-21-11-9-15)23-19(24)13-22-20(25)18-7-6-16-4-2-3-5-17(16)12-18/h2-12,14H,13H2,1H3,(H,22,25)(H,23,24). The van der Waals surface area contributed by atoms with Gasteiger partial charge in [0.25, 0.3) is 5.91 Å². The molecule has 2 amide bonds. The van der Waals surface area contributed by atoms with Crippen LogP contribution in [0, 0.1) is 0 Å². The summed E-state index contributed by atoms with van der Waals surface area (Å²) in [5.41, 5.74) is 1.50. The second-order valence-electron chi connectivity index (χ2n) is 5.81. The Labute approximate surface area is 146 Å². The zero-order valence-corrected chi connectivity index (χ0v) is 13.9.